The van der Waals surface area contributed by atoms with Gasteiger partial charge >= 0.3 is 0 Å². The number of nitrogens with one attached hydrogen (secondary N) is 1. The van der Waals surface area contributed by atoms with Crippen LogP contribution >= 0.6 is 0 Å². The van der Waals surface area contributed by atoms with Crippen LogP contribution in [0.25, 0.3) is 0 Å². The maximum atomic E-state index is 13.6. The van der Waals surface area contributed by atoms with Gasteiger partial charge in [0, 0.05) is 36.8 Å². The lowest BCUT2D eigenvalue weighted by atomic mass is 10.0. The largest absolute Gasteiger partial charge is 0.488 e. The molecule has 1 amide bonds. The Bertz CT molecular complexity index is 1760. The third-order valence-electron chi connectivity index (χ3n) is 8.25. The number of likely N-dealkylation sites (N-methyl/N-ethyl adjacent to an activating group) is 1. The first-order chi connectivity index (χ1) is 22.4. The Morgan fingerprint density at radius 2 is 1.79 bits per heavy atom. The number of benzene rings is 3. The van der Waals surface area contributed by atoms with Crippen LogP contribution < -0.4 is 14.2 Å². The van der Waals surface area contributed by atoms with Crippen molar-refractivity contribution in [2.75, 3.05) is 31.5 Å². The van der Waals surface area contributed by atoms with Gasteiger partial charge in [0.15, 0.2) is 10.7 Å². The molecule has 0 spiro atoms. The van der Waals surface area contributed by atoms with Crippen LogP contribution in [0.5, 0.6) is 17.2 Å². The molecule has 0 saturated carbocycles. The number of hydrogen-bond donors (Lipinski definition) is 2. The molecular weight excluding hydrogens is 620 g/mol. The highest BCUT2D eigenvalue weighted by Gasteiger charge is 2.32. The summed E-state index contributed by atoms with van der Waals surface area (Å²) in [7, 11) is -1.98. The number of rotatable bonds is 11. The number of amides is 1. The number of aromatic nitrogens is 1. The van der Waals surface area contributed by atoms with E-state index in [1.165, 1.54) is 6.92 Å². The van der Waals surface area contributed by atoms with Gasteiger partial charge in [0.1, 0.15) is 29.0 Å². The summed E-state index contributed by atoms with van der Waals surface area (Å²) in [5.41, 5.74) is 2.18. The highest BCUT2D eigenvalue weighted by atomic mass is 32.2. The summed E-state index contributed by atoms with van der Waals surface area (Å²) in [6, 6.07) is 22.1. The maximum absolute atomic E-state index is 13.6. The normalized spacial score (nSPS) is 17.7. The fourth-order valence-corrected chi connectivity index (χ4v) is 7.13. The van der Waals surface area contributed by atoms with Crippen LogP contribution in [0, 0.1) is 19.8 Å². The van der Waals surface area contributed by atoms with Crippen molar-refractivity contribution in [3.8, 4) is 17.2 Å². The lowest BCUT2D eigenvalue weighted by Gasteiger charge is -2.34. The smallest absolute Gasteiger partial charge is 0.267 e. The molecule has 0 saturated heterocycles. The van der Waals surface area contributed by atoms with Crippen molar-refractivity contribution in [3.63, 3.8) is 0 Å². The van der Waals surface area contributed by atoms with Gasteiger partial charge in [-0.15, -0.1) is 0 Å². The predicted molar refractivity (Wildman–Crippen MR) is 178 cm³/mol. The van der Waals surface area contributed by atoms with Crippen molar-refractivity contribution in [1.29, 1.82) is 0 Å². The van der Waals surface area contributed by atoms with E-state index in [2.05, 4.69) is 14.8 Å². The number of nitrogens with zero attached hydrogens (tertiary/aromatic N) is 3. The van der Waals surface area contributed by atoms with E-state index in [0.717, 1.165) is 17.1 Å². The van der Waals surface area contributed by atoms with E-state index in [4.69, 9.17) is 14.0 Å². The molecule has 0 radical (unpaired) electrons. The van der Waals surface area contributed by atoms with E-state index in [1.54, 1.807) is 30.0 Å². The Hall–Kier alpha value is -4.39. The molecule has 4 aromatic rings. The molecule has 0 unspecified atom stereocenters. The Morgan fingerprint density at radius 3 is 2.45 bits per heavy atom. The molecule has 1 aliphatic rings. The summed E-state index contributed by atoms with van der Waals surface area (Å²) in [4.78, 5) is 17.4. The predicted octanol–water partition coefficient (Wildman–Crippen LogP) is 5.17. The van der Waals surface area contributed by atoms with Crippen LogP contribution in [-0.4, -0.2) is 73.3 Å². The summed E-state index contributed by atoms with van der Waals surface area (Å²) in [6.07, 6.45) is -0.337. The topological polar surface area (TPSA) is 134 Å². The van der Waals surface area contributed by atoms with Gasteiger partial charge in [-0.1, -0.05) is 42.4 Å². The minimum absolute atomic E-state index is 0.0206. The molecule has 2 N–H and O–H groups in total. The van der Waals surface area contributed by atoms with Crippen LogP contribution in [-0.2, 0) is 27.8 Å². The molecule has 3 aromatic carbocycles. The van der Waals surface area contributed by atoms with Gasteiger partial charge < -0.3 is 24.0 Å². The number of aliphatic hydroxyl groups is 1. The Balaban J connectivity index is 1.35. The second-order valence-corrected chi connectivity index (χ2v) is 13.8. The van der Waals surface area contributed by atoms with E-state index >= 15 is 0 Å². The van der Waals surface area contributed by atoms with Crippen molar-refractivity contribution in [2.45, 2.75) is 57.7 Å². The second kappa shape index (κ2) is 14.6. The number of para-hydroxylation sites is 1. The van der Waals surface area contributed by atoms with Gasteiger partial charge in [0.05, 0.1) is 19.1 Å². The molecule has 0 fully saturated rings. The minimum Gasteiger partial charge on any atom is -0.488 e. The minimum atomic E-state index is -4.00. The molecule has 3 atom stereocenters. The van der Waals surface area contributed by atoms with Crippen molar-refractivity contribution in [1.82, 2.24) is 15.0 Å². The number of aliphatic hydroxyl groups excluding tert-OH is 1. The molecule has 47 heavy (non-hydrogen) atoms. The van der Waals surface area contributed by atoms with Crippen molar-refractivity contribution >= 4 is 21.6 Å². The van der Waals surface area contributed by atoms with Gasteiger partial charge in [0.25, 0.3) is 10.0 Å². The van der Waals surface area contributed by atoms with Gasteiger partial charge in [0.2, 0.25) is 5.91 Å². The molecule has 12 heteroatoms. The Kier molecular flexibility index (Phi) is 10.5. The first-order valence-corrected chi connectivity index (χ1v) is 17.1. The van der Waals surface area contributed by atoms with Crippen LogP contribution in [0.15, 0.2) is 82.2 Å². The van der Waals surface area contributed by atoms with Crippen LogP contribution in [0.4, 0.5) is 5.69 Å². The molecule has 11 nitrogen and oxygen atoms in total. The maximum Gasteiger partial charge on any atom is 0.267 e. The zero-order valence-corrected chi connectivity index (χ0v) is 28.2. The van der Waals surface area contributed by atoms with Crippen LogP contribution in [0.1, 0.15) is 36.4 Å². The third kappa shape index (κ3) is 8.31. The number of carbonyl (C=O) groups excluding carboxylic acids is 1. The standard InChI is InChI=1S/C35H42N4O7S/c1-23-19-39(24(2)22-40)34(41)18-28-17-29(37-47(42,43)35-25(3)36-46-26(35)4)13-16-32(28)45-33(23)21-38(5)20-27-11-14-31(15-12-27)44-30-9-7-6-8-10-30/h6-17,23-24,33,37,40H,18-22H2,1-5H3/t23-,24-,33-/m0/s1. The van der Waals surface area contributed by atoms with Crippen molar-refractivity contribution in [3.05, 3.63) is 95.4 Å². The van der Waals surface area contributed by atoms with E-state index in [-0.39, 0.29) is 53.0 Å². The number of anilines is 1. The molecule has 5 rings (SSSR count). The lowest BCUT2D eigenvalue weighted by molar-refractivity contribution is -0.134. The highest BCUT2D eigenvalue weighted by molar-refractivity contribution is 7.92. The van der Waals surface area contributed by atoms with Gasteiger partial charge in [-0.2, -0.15) is 0 Å². The zero-order valence-electron chi connectivity index (χ0n) is 27.3. The summed E-state index contributed by atoms with van der Waals surface area (Å²) >= 11 is 0. The van der Waals surface area contributed by atoms with E-state index < -0.39 is 16.1 Å². The number of aryl methyl sites for hydroxylation is 2. The van der Waals surface area contributed by atoms with Gasteiger partial charge in [-0.25, -0.2) is 8.42 Å². The molecule has 2 heterocycles. The average molecular weight is 663 g/mol. The zero-order chi connectivity index (χ0) is 33.7. The van der Waals surface area contributed by atoms with Gasteiger partial charge in [-0.05, 0) is 75.8 Å². The first-order valence-electron chi connectivity index (χ1n) is 15.6. The average Bonchev–Trinajstić information content (AvgIpc) is 3.40. The van der Waals surface area contributed by atoms with Crippen LogP contribution in [0.3, 0.4) is 0 Å². The van der Waals surface area contributed by atoms with E-state index in [9.17, 15) is 18.3 Å². The highest BCUT2D eigenvalue weighted by Crippen LogP contribution is 2.31. The monoisotopic (exact) mass is 662 g/mol. The number of ether oxygens (including phenoxy) is 2. The quantitative estimate of drug-likeness (QED) is 0.223. The number of fused-ring (bicyclic) bond motifs is 1. The Labute approximate surface area is 276 Å². The first kappa shape index (κ1) is 34.0. The van der Waals surface area contributed by atoms with Crippen molar-refractivity contribution < 1.29 is 32.3 Å². The number of hydrogen-bond acceptors (Lipinski definition) is 9. The van der Waals surface area contributed by atoms with E-state index in [0.29, 0.717) is 30.9 Å². The van der Waals surface area contributed by atoms with Crippen molar-refractivity contribution in [2.24, 2.45) is 5.92 Å². The number of sulfonamides is 1. The third-order valence-corrected chi connectivity index (χ3v) is 9.88. The van der Waals surface area contributed by atoms with Gasteiger partial charge in [-0.3, -0.25) is 14.4 Å². The summed E-state index contributed by atoms with van der Waals surface area (Å²) in [5, 5.41) is 13.7. The van der Waals surface area contributed by atoms with Crippen LogP contribution in [0.2, 0.25) is 0 Å². The Morgan fingerprint density at radius 1 is 1.09 bits per heavy atom. The fraction of sp³-hybridized carbons (Fsp3) is 0.371. The number of carbonyl (C=O) groups is 1. The molecular formula is C35H42N4O7S. The second-order valence-electron chi connectivity index (χ2n) is 12.2. The molecule has 0 bridgehead atoms. The SMILES string of the molecule is Cc1noc(C)c1S(=O)(=O)Nc1ccc2c(c1)CC(=O)N([C@@H](C)CO)C[C@H](C)[C@H](CN(C)Cc1ccc(Oc3ccccc3)cc1)O2. The molecule has 0 aliphatic carbocycles. The summed E-state index contributed by atoms with van der Waals surface area (Å²) < 4.78 is 46.6. The summed E-state index contributed by atoms with van der Waals surface area (Å²) in [5.74, 6) is 1.95. The summed E-state index contributed by atoms with van der Waals surface area (Å²) in [6.45, 7) is 8.37. The molecule has 1 aromatic heterocycles. The molecule has 1 aliphatic heterocycles. The lowest BCUT2D eigenvalue weighted by Crippen LogP contribution is -2.47. The molecule has 250 valence electrons. The fourth-order valence-electron chi connectivity index (χ4n) is 5.75. The van der Waals surface area contributed by atoms with E-state index in [1.807, 2.05) is 75.5 Å².